The molecule has 1 saturated carbocycles. The van der Waals surface area contributed by atoms with Gasteiger partial charge in [-0.05, 0) is 25.0 Å². The topological polar surface area (TPSA) is 73.9 Å². The first-order valence-corrected chi connectivity index (χ1v) is 8.33. The van der Waals surface area contributed by atoms with Crippen LogP contribution >= 0.6 is 0 Å². The molecule has 0 spiro atoms. The molecule has 1 aromatic rings. The average molecular weight is 335 g/mol. The normalized spacial score (nSPS) is 15.2. The summed E-state index contributed by atoms with van der Waals surface area (Å²) >= 11 is 0. The van der Waals surface area contributed by atoms with Crippen LogP contribution in [0.25, 0.3) is 0 Å². The molecule has 1 N–H and O–H groups in total. The largest absolute Gasteiger partial charge is 0.496 e. The number of nitrogens with one attached hydrogen (secondary N) is 1. The number of hydrogen-bond acceptors (Lipinski definition) is 5. The summed E-state index contributed by atoms with van der Waals surface area (Å²) in [6, 6.07) is 5.18. The molecule has 132 valence electrons. The van der Waals surface area contributed by atoms with Crippen molar-refractivity contribution < 1.29 is 23.8 Å². The molecule has 0 saturated heterocycles. The Kier molecular flexibility index (Phi) is 6.90. The van der Waals surface area contributed by atoms with Crippen LogP contribution in [0.5, 0.6) is 11.5 Å². The molecule has 24 heavy (non-hydrogen) atoms. The van der Waals surface area contributed by atoms with Gasteiger partial charge in [-0.1, -0.05) is 31.7 Å². The minimum absolute atomic E-state index is 0.180. The molecule has 6 nitrogen and oxygen atoms in total. The highest BCUT2D eigenvalue weighted by Crippen LogP contribution is 2.28. The van der Waals surface area contributed by atoms with Gasteiger partial charge in [-0.25, -0.2) is 4.79 Å². The highest BCUT2D eigenvalue weighted by Gasteiger charge is 2.21. The lowest BCUT2D eigenvalue weighted by Gasteiger charge is -2.16. The highest BCUT2D eigenvalue weighted by atomic mass is 16.5. The molecule has 0 atom stereocenters. The van der Waals surface area contributed by atoms with Crippen LogP contribution in [0.2, 0.25) is 0 Å². The van der Waals surface area contributed by atoms with E-state index in [1.54, 1.807) is 18.2 Å². The predicted octanol–water partition coefficient (Wildman–Crippen LogP) is 2.70. The summed E-state index contributed by atoms with van der Waals surface area (Å²) in [6.45, 7) is -0.309. The van der Waals surface area contributed by atoms with E-state index in [0.29, 0.717) is 11.5 Å². The number of hydrogen-bond donors (Lipinski definition) is 1. The van der Waals surface area contributed by atoms with Crippen molar-refractivity contribution in [2.75, 3.05) is 20.8 Å². The van der Waals surface area contributed by atoms with E-state index in [1.807, 2.05) is 0 Å². The molecule has 0 unspecified atom stereocenters. The smallest absolute Gasteiger partial charge is 0.346 e. The molecule has 0 aliphatic heterocycles. The van der Waals surface area contributed by atoms with Gasteiger partial charge in [0.2, 0.25) is 0 Å². The van der Waals surface area contributed by atoms with E-state index in [1.165, 1.54) is 27.1 Å². The molecule has 1 amide bonds. The fraction of sp³-hybridized carbons (Fsp3) is 0.556. The SMILES string of the molecule is COc1cccc(OC)c1C(=O)OCC(=O)NC1CCCCCC1. The number of methoxy groups -OCH3 is 2. The summed E-state index contributed by atoms with van der Waals surface area (Å²) in [5, 5.41) is 2.94. The van der Waals surface area contributed by atoms with Crippen molar-refractivity contribution in [1.29, 1.82) is 0 Å². The van der Waals surface area contributed by atoms with Gasteiger partial charge in [-0.2, -0.15) is 0 Å². The molecule has 0 heterocycles. The van der Waals surface area contributed by atoms with Gasteiger partial charge in [0.1, 0.15) is 17.1 Å². The third-order valence-electron chi connectivity index (χ3n) is 4.19. The first-order valence-electron chi connectivity index (χ1n) is 8.33. The Morgan fingerprint density at radius 2 is 1.62 bits per heavy atom. The standard InChI is InChI=1S/C18H25NO5/c1-22-14-10-7-11-15(23-2)17(14)18(21)24-12-16(20)19-13-8-5-3-4-6-9-13/h7,10-11,13H,3-6,8-9,12H2,1-2H3,(H,19,20). The van der Waals surface area contributed by atoms with Gasteiger partial charge in [0, 0.05) is 6.04 Å². The van der Waals surface area contributed by atoms with E-state index in [-0.39, 0.29) is 24.1 Å². The van der Waals surface area contributed by atoms with Gasteiger partial charge in [-0.3, -0.25) is 4.79 Å². The quantitative estimate of drug-likeness (QED) is 0.639. The van der Waals surface area contributed by atoms with E-state index < -0.39 is 5.97 Å². The van der Waals surface area contributed by atoms with Gasteiger partial charge in [0.25, 0.3) is 5.91 Å². The molecule has 1 aliphatic rings. The van der Waals surface area contributed by atoms with Gasteiger partial charge >= 0.3 is 5.97 Å². The number of benzene rings is 1. The van der Waals surface area contributed by atoms with Crippen molar-refractivity contribution in [3.8, 4) is 11.5 Å². The van der Waals surface area contributed by atoms with Crippen LogP contribution in [0.4, 0.5) is 0 Å². The van der Waals surface area contributed by atoms with Crippen LogP contribution in [-0.4, -0.2) is 38.7 Å². The molecule has 1 fully saturated rings. The minimum Gasteiger partial charge on any atom is -0.496 e. The molecule has 1 aliphatic carbocycles. The number of amides is 1. The third kappa shape index (κ3) is 4.88. The predicted molar refractivity (Wildman–Crippen MR) is 89.5 cm³/mol. The van der Waals surface area contributed by atoms with Crippen molar-refractivity contribution in [3.05, 3.63) is 23.8 Å². The van der Waals surface area contributed by atoms with E-state index in [9.17, 15) is 9.59 Å². The summed E-state index contributed by atoms with van der Waals surface area (Å²) in [7, 11) is 2.93. The van der Waals surface area contributed by atoms with E-state index >= 15 is 0 Å². The zero-order chi connectivity index (χ0) is 17.4. The first kappa shape index (κ1) is 18.1. The van der Waals surface area contributed by atoms with Crippen LogP contribution in [0, 0.1) is 0 Å². The fourth-order valence-corrected chi connectivity index (χ4v) is 2.95. The Bertz CT molecular complexity index is 542. The van der Waals surface area contributed by atoms with Gasteiger partial charge in [0.05, 0.1) is 14.2 Å². The van der Waals surface area contributed by atoms with E-state index in [0.717, 1.165) is 25.7 Å². The second kappa shape index (κ2) is 9.15. The van der Waals surface area contributed by atoms with Crippen molar-refractivity contribution in [2.45, 2.75) is 44.6 Å². The average Bonchev–Trinajstić information content (AvgIpc) is 2.87. The monoisotopic (exact) mass is 335 g/mol. The number of carbonyl (C=O) groups is 2. The summed E-state index contributed by atoms with van der Waals surface area (Å²) in [5.74, 6) is -0.212. The Morgan fingerprint density at radius 3 is 2.17 bits per heavy atom. The summed E-state index contributed by atoms with van der Waals surface area (Å²) in [5.41, 5.74) is 0.185. The molecule has 6 heteroatoms. The van der Waals surface area contributed by atoms with Crippen LogP contribution in [0.3, 0.4) is 0 Å². The lowest BCUT2D eigenvalue weighted by molar-refractivity contribution is -0.125. The lowest BCUT2D eigenvalue weighted by atomic mass is 10.1. The van der Waals surface area contributed by atoms with Crippen LogP contribution in [-0.2, 0) is 9.53 Å². The summed E-state index contributed by atoms with van der Waals surface area (Å²) in [4.78, 5) is 24.3. The van der Waals surface area contributed by atoms with Crippen LogP contribution < -0.4 is 14.8 Å². The van der Waals surface area contributed by atoms with Crippen molar-refractivity contribution in [3.63, 3.8) is 0 Å². The second-order valence-corrected chi connectivity index (χ2v) is 5.87. The second-order valence-electron chi connectivity index (χ2n) is 5.87. The van der Waals surface area contributed by atoms with Crippen LogP contribution in [0.1, 0.15) is 48.9 Å². The Balaban J connectivity index is 1.91. The third-order valence-corrected chi connectivity index (χ3v) is 4.19. The van der Waals surface area contributed by atoms with Gasteiger partial charge in [0.15, 0.2) is 6.61 Å². The fourth-order valence-electron chi connectivity index (χ4n) is 2.95. The Labute approximate surface area is 142 Å². The lowest BCUT2D eigenvalue weighted by Crippen LogP contribution is -2.37. The number of rotatable bonds is 6. The molecular formula is C18H25NO5. The maximum atomic E-state index is 12.3. The molecule has 0 bridgehead atoms. The van der Waals surface area contributed by atoms with Gasteiger partial charge < -0.3 is 19.5 Å². The first-order chi connectivity index (χ1) is 11.7. The number of carbonyl (C=O) groups excluding carboxylic acids is 2. The maximum Gasteiger partial charge on any atom is 0.346 e. The maximum absolute atomic E-state index is 12.3. The van der Waals surface area contributed by atoms with E-state index in [2.05, 4.69) is 5.32 Å². The highest BCUT2D eigenvalue weighted by molar-refractivity contribution is 5.96. The number of ether oxygens (including phenoxy) is 3. The van der Waals surface area contributed by atoms with Crippen molar-refractivity contribution >= 4 is 11.9 Å². The van der Waals surface area contributed by atoms with Crippen molar-refractivity contribution in [2.24, 2.45) is 0 Å². The van der Waals surface area contributed by atoms with Gasteiger partial charge in [-0.15, -0.1) is 0 Å². The summed E-state index contributed by atoms with van der Waals surface area (Å²) in [6.07, 6.45) is 6.66. The van der Waals surface area contributed by atoms with Crippen molar-refractivity contribution in [1.82, 2.24) is 5.32 Å². The molecule has 0 aromatic heterocycles. The molecular weight excluding hydrogens is 310 g/mol. The van der Waals surface area contributed by atoms with E-state index in [4.69, 9.17) is 14.2 Å². The zero-order valence-electron chi connectivity index (χ0n) is 14.3. The number of esters is 1. The Morgan fingerprint density at radius 1 is 1.04 bits per heavy atom. The summed E-state index contributed by atoms with van der Waals surface area (Å²) < 4.78 is 15.5. The molecule has 2 rings (SSSR count). The molecule has 0 radical (unpaired) electrons. The zero-order valence-corrected chi connectivity index (χ0v) is 14.3. The molecule has 1 aromatic carbocycles. The Hall–Kier alpha value is -2.24. The minimum atomic E-state index is -0.639. The van der Waals surface area contributed by atoms with Crippen LogP contribution in [0.15, 0.2) is 18.2 Å².